The SMILES string of the molecule is c1cc2c(cc1CNCC1CCCC1)OCCO2. The zero-order chi connectivity index (χ0) is 12.2. The summed E-state index contributed by atoms with van der Waals surface area (Å²) < 4.78 is 11.1. The molecule has 3 nitrogen and oxygen atoms in total. The summed E-state index contributed by atoms with van der Waals surface area (Å²) >= 11 is 0. The van der Waals surface area contributed by atoms with Crippen molar-refractivity contribution in [1.82, 2.24) is 5.32 Å². The van der Waals surface area contributed by atoms with E-state index in [0.717, 1.165) is 30.5 Å². The highest BCUT2D eigenvalue weighted by Crippen LogP contribution is 2.30. The number of hydrogen-bond acceptors (Lipinski definition) is 3. The van der Waals surface area contributed by atoms with E-state index in [1.54, 1.807) is 0 Å². The largest absolute Gasteiger partial charge is 0.486 e. The van der Waals surface area contributed by atoms with Crippen molar-refractivity contribution >= 4 is 0 Å². The monoisotopic (exact) mass is 247 g/mol. The standard InChI is InChI=1S/C15H21NO2/c1-2-4-12(3-1)10-16-11-13-5-6-14-15(9-13)18-8-7-17-14/h5-6,9,12,16H,1-4,7-8,10-11H2. The first-order valence-electron chi connectivity index (χ1n) is 7.01. The predicted octanol–water partition coefficient (Wildman–Crippen LogP) is 2.74. The summed E-state index contributed by atoms with van der Waals surface area (Å²) in [5.41, 5.74) is 1.28. The lowest BCUT2D eigenvalue weighted by molar-refractivity contribution is 0.171. The first-order valence-corrected chi connectivity index (χ1v) is 7.01. The molecule has 98 valence electrons. The van der Waals surface area contributed by atoms with E-state index in [2.05, 4.69) is 17.4 Å². The van der Waals surface area contributed by atoms with E-state index >= 15 is 0 Å². The molecule has 0 amide bonds. The van der Waals surface area contributed by atoms with E-state index in [0.29, 0.717) is 13.2 Å². The van der Waals surface area contributed by atoms with Crippen LogP contribution in [0.25, 0.3) is 0 Å². The van der Waals surface area contributed by atoms with Crippen molar-refractivity contribution in [3.05, 3.63) is 23.8 Å². The van der Waals surface area contributed by atoms with Gasteiger partial charge in [0.25, 0.3) is 0 Å². The van der Waals surface area contributed by atoms with Crippen molar-refractivity contribution in [2.24, 2.45) is 5.92 Å². The summed E-state index contributed by atoms with van der Waals surface area (Å²) in [5.74, 6) is 2.66. The first-order chi connectivity index (χ1) is 8.92. The molecule has 0 saturated heterocycles. The summed E-state index contributed by atoms with van der Waals surface area (Å²) in [6.07, 6.45) is 5.62. The van der Waals surface area contributed by atoms with Crippen LogP contribution in [0, 0.1) is 5.92 Å². The molecule has 1 N–H and O–H groups in total. The molecule has 3 heteroatoms. The molecular weight excluding hydrogens is 226 g/mol. The van der Waals surface area contributed by atoms with Crippen molar-refractivity contribution < 1.29 is 9.47 Å². The van der Waals surface area contributed by atoms with Gasteiger partial charge >= 0.3 is 0 Å². The van der Waals surface area contributed by atoms with Gasteiger partial charge in [-0.15, -0.1) is 0 Å². The van der Waals surface area contributed by atoms with Crippen molar-refractivity contribution in [3.8, 4) is 11.5 Å². The molecule has 1 saturated carbocycles. The molecule has 0 atom stereocenters. The zero-order valence-corrected chi connectivity index (χ0v) is 10.8. The Kier molecular flexibility index (Phi) is 3.69. The maximum absolute atomic E-state index is 5.59. The van der Waals surface area contributed by atoms with E-state index in [4.69, 9.17) is 9.47 Å². The topological polar surface area (TPSA) is 30.5 Å². The number of nitrogens with one attached hydrogen (secondary N) is 1. The van der Waals surface area contributed by atoms with E-state index in [-0.39, 0.29) is 0 Å². The Hall–Kier alpha value is -1.22. The molecule has 1 aliphatic heterocycles. The Morgan fingerprint density at radius 1 is 1.06 bits per heavy atom. The van der Waals surface area contributed by atoms with Crippen molar-refractivity contribution in [2.45, 2.75) is 32.2 Å². The zero-order valence-electron chi connectivity index (χ0n) is 10.8. The Labute approximate surface area is 108 Å². The van der Waals surface area contributed by atoms with Crippen LogP contribution in [0.15, 0.2) is 18.2 Å². The van der Waals surface area contributed by atoms with Gasteiger partial charge in [0.15, 0.2) is 11.5 Å². The fraction of sp³-hybridized carbons (Fsp3) is 0.600. The van der Waals surface area contributed by atoms with Crippen molar-refractivity contribution in [2.75, 3.05) is 19.8 Å². The van der Waals surface area contributed by atoms with Crippen LogP contribution in [-0.4, -0.2) is 19.8 Å². The molecule has 3 rings (SSSR count). The van der Waals surface area contributed by atoms with E-state index in [1.165, 1.54) is 31.2 Å². The van der Waals surface area contributed by atoms with Crippen LogP contribution in [0.2, 0.25) is 0 Å². The second-order valence-corrected chi connectivity index (χ2v) is 5.26. The Morgan fingerprint density at radius 2 is 1.83 bits per heavy atom. The van der Waals surface area contributed by atoms with Crippen LogP contribution in [0.1, 0.15) is 31.2 Å². The normalized spacial score (nSPS) is 19.1. The minimum atomic E-state index is 0.659. The minimum Gasteiger partial charge on any atom is -0.486 e. The number of hydrogen-bond donors (Lipinski definition) is 1. The third-order valence-electron chi connectivity index (χ3n) is 3.84. The lowest BCUT2D eigenvalue weighted by Crippen LogP contribution is -2.21. The summed E-state index contributed by atoms with van der Waals surface area (Å²) in [4.78, 5) is 0. The minimum absolute atomic E-state index is 0.659. The highest BCUT2D eigenvalue weighted by atomic mass is 16.6. The average Bonchev–Trinajstić information content (AvgIpc) is 2.92. The van der Waals surface area contributed by atoms with Crippen molar-refractivity contribution in [3.63, 3.8) is 0 Å². The second kappa shape index (κ2) is 5.61. The maximum Gasteiger partial charge on any atom is 0.161 e. The molecule has 1 heterocycles. The number of rotatable bonds is 4. The molecule has 1 aromatic rings. The second-order valence-electron chi connectivity index (χ2n) is 5.26. The summed E-state index contributed by atoms with van der Waals surface area (Å²) in [5, 5.41) is 3.55. The Bertz CT molecular complexity index is 399. The van der Waals surface area contributed by atoms with E-state index in [9.17, 15) is 0 Å². The summed E-state index contributed by atoms with van der Waals surface area (Å²) in [6.45, 7) is 3.39. The molecule has 0 aromatic heterocycles. The maximum atomic E-state index is 5.59. The van der Waals surface area contributed by atoms with Gasteiger partial charge in [0.2, 0.25) is 0 Å². The highest BCUT2D eigenvalue weighted by molar-refractivity contribution is 5.43. The molecule has 1 fully saturated rings. The van der Waals surface area contributed by atoms with Crippen LogP contribution >= 0.6 is 0 Å². The molecule has 18 heavy (non-hydrogen) atoms. The van der Waals surface area contributed by atoms with Crippen LogP contribution in [0.4, 0.5) is 0 Å². The average molecular weight is 247 g/mol. The van der Waals surface area contributed by atoms with Gasteiger partial charge in [0, 0.05) is 6.54 Å². The van der Waals surface area contributed by atoms with Gasteiger partial charge in [-0.25, -0.2) is 0 Å². The Morgan fingerprint density at radius 3 is 2.67 bits per heavy atom. The van der Waals surface area contributed by atoms with Gasteiger partial charge in [0.1, 0.15) is 13.2 Å². The van der Waals surface area contributed by atoms with Gasteiger partial charge in [-0.1, -0.05) is 18.9 Å². The molecule has 1 aliphatic carbocycles. The molecule has 0 bridgehead atoms. The molecular formula is C15H21NO2. The summed E-state index contributed by atoms with van der Waals surface area (Å²) in [6, 6.07) is 6.23. The van der Waals surface area contributed by atoms with Gasteiger partial charge in [0.05, 0.1) is 0 Å². The quantitative estimate of drug-likeness (QED) is 0.887. The van der Waals surface area contributed by atoms with Gasteiger partial charge in [-0.2, -0.15) is 0 Å². The lowest BCUT2D eigenvalue weighted by Gasteiger charge is -2.19. The van der Waals surface area contributed by atoms with Gasteiger partial charge in [-0.3, -0.25) is 0 Å². The van der Waals surface area contributed by atoms with E-state index < -0.39 is 0 Å². The van der Waals surface area contributed by atoms with E-state index in [1.807, 2.05) is 6.07 Å². The van der Waals surface area contributed by atoms with Gasteiger partial charge in [-0.05, 0) is 43.0 Å². The predicted molar refractivity (Wildman–Crippen MR) is 71.1 cm³/mol. The molecule has 0 radical (unpaired) electrons. The summed E-state index contributed by atoms with van der Waals surface area (Å²) in [7, 11) is 0. The fourth-order valence-electron chi connectivity index (χ4n) is 2.83. The Balaban J connectivity index is 1.52. The van der Waals surface area contributed by atoms with Crippen LogP contribution < -0.4 is 14.8 Å². The van der Waals surface area contributed by atoms with Crippen LogP contribution in [0.5, 0.6) is 11.5 Å². The molecule has 0 unspecified atom stereocenters. The number of fused-ring (bicyclic) bond motifs is 1. The third-order valence-corrected chi connectivity index (χ3v) is 3.84. The number of benzene rings is 1. The first kappa shape index (κ1) is 11.8. The van der Waals surface area contributed by atoms with Crippen molar-refractivity contribution in [1.29, 1.82) is 0 Å². The molecule has 0 spiro atoms. The van der Waals surface area contributed by atoms with Gasteiger partial charge < -0.3 is 14.8 Å². The highest BCUT2D eigenvalue weighted by Gasteiger charge is 2.15. The number of ether oxygens (including phenoxy) is 2. The van der Waals surface area contributed by atoms with Crippen LogP contribution in [0.3, 0.4) is 0 Å². The fourth-order valence-corrected chi connectivity index (χ4v) is 2.83. The molecule has 1 aromatic carbocycles. The molecule has 2 aliphatic rings. The van der Waals surface area contributed by atoms with Crippen LogP contribution in [-0.2, 0) is 6.54 Å². The third kappa shape index (κ3) is 2.78. The lowest BCUT2D eigenvalue weighted by atomic mass is 10.1. The smallest absolute Gasteiger partial charge is 0.161 e.